The SMILES string of the molecule is Cc1cccc(N)c1NC(=O)COc1cccc(F)c1. The summed E-state index contributed by atoms with van der Waals surface area (Å²) in [5, 5.41) is 2.68. The van der Waals surface area contributed by atoms with Crippen molar-refractivity contribution in [3.8, 4) is 5.75 Å². The molecule has 0 atom stereocenters. The van der Waals surface area contributed by atoms with Crippen molar-refractivity contribution in [2.45, 2.75) is 6.92 Å². The van der Waals surface area contributed by atoms with Gasteiger partial charge in [-0.25, -0.2) is 4.39 Å². The van der Waals surface area contributed by atoms with Crippen LogP contribution in [0, 0.1) is 12.7 Å². The molecule has 4 nitrogen and oxygen atoms in total. The van der Waals surface area contributed by atoms with Crippen LogP contribution in [-0.2, 0) is 4.79 Å². The summed E-state index contributed by atoms with van der Waals surface area (Å²) in [6.45, 7) is 1.64. The van der Waals surface area contributed by atoms with Crippen molar-refractivity contribution in [2.75, 3.05) is 17.7 Å². The summed E-state index contributed by atoms with van der Waals surface area (Å²) in [5.74, 6) is -0.459. The van der Waals surface area contributed by atoms with Gasteiger partial charge in [0.1, 0.15) is 11.6 Å². The van der Waals surface area contributed by atoms with Gasteiger partial charge in [0.05, 0.1) is 11.4 Å². The number of carbonyl (C=O) groups is 1. The standard InChI is InChI=1S/C15H15FN2O2/c1-10-4-2-7-13(17)15(10)18-14(19)9-20-12-6-3-5-11(16)8-12/h2-8H,9,17H2,1H3,(H,18,19). The average Bonchev–Trinajstić information content (AvgIpc) is 2.41. The van der Waals surface area contributed by atoms with E-state index in [1.807, 2.05) is 19.1 Å². The fourth-order valence-corrected chi connectivity index (χ4v) is 1.74. The van der Waals surface area contributed by atoms with Crippen molar-refractivity contribution in [3.63, 3.8) is 0 Å². The van der Waals surface area contributed by atoms with Gasteiger partial charge in [0.15, 0.2) is 6.61 Å². The first kappa shape index (κ1) is 13.9. The van der Waals surface area contributed by atoms with Gasteiger partial charge in [-0.15, -0.1) is 0 Å². The molecule has 104 valence electrons. The van der Waals surface area contributed by atoms with Crippen molar-refractivity contribution in [1.82, 2.24) is 0 Å². The van der Waals surface area contributed by atoms with E-state index < -0.39 is 5.82 Å². The van der Waals surface area contributed by atoms with Crippen molar-refractivity contribution < 1.29 is 13.9 Å². The van der Waals surface area contributed by atoms with Crippen LogP contribution < -0.4 is 15.8 Å². The number of aryl methyl sites for hydroxylation is 1. The quantitative estimate of drug-likeness (QED) is 0.842. The Morgan fingerprint density at radius 2 is 2.05 bits per heavy atom. The molecule has 0 bridgehead atoms. The third-order valence-corrected chi connectivity index (χ3v) is 2.74. The lowest BCUT2D eigenvalue weighted by molar-refractivity contribution is -0.118. The molecule has 0 aromatic heterocycles. The Morgan fingerprint density at radius 1 is 1.30 bits per heavy atom. The lowest BCUT2D eigenvalue weighted by atomic mass is 10.1. The minimum Gasteiger partial charge on any atom is -0.484 e. The zero-order valence-electron chi connectivity index (χ0n) is 11.0. The Labute approximate surface area is 116 Å². The summed E-state index contributed by atoms with van der Waals surface area (Å²) in [4.78, 5) is 11.8. The van der Waals surface area contributed by atoms with E-state index in [4.69, 9.17) is 10.5 Å². The minimum atomic E-state index is -0.411. The van der Waals surface area contributed by atoms with Crippen molar-refractivity contribution in [3.05, 3.63) is 53.8 Å². The van der Waals surface area contributed by atoms with E-state index >= 15 is 0 Å². The maximum Gasteiger partial charge on any atom is 0.262 e. The highest BCUT2D eigenvalue weighted by Crippen LogP contribution is 2.22. The number of hydrogen-bond acceptors (Lipinski definition) is 3. The predicted octanol–water partition coefficient (Wildman–Crippen LogP) is 2.73. The maximum atomic E-state index is 12.9. The average molecular weight is 274 g/mol. The van der Waals surface area contributed by atoms with Crippen LogP contribution in [-0.4, -0.2) is 12.5 Å². The van der Waals surface area contributed by atoms with E-state index in [9.17, 15) is 9.18 Å². The first-order chi connectivity index (χ1) is 9.56. The largest absolute Gasteiger partial charge is 0.484 e. The molecule has 2 rings (SSSR count). The van der Waals surface area contributed by atoms with Gasteiger partial charge in [0.2, 0.25) is 0 Å². The van der Waals surface area contributed by atoms with Crippen LogP contribution in [0.15, 0.2) is 42.5 Å². The van der Waals surface area contributed by atoms with Gasteiger partial charge in [-0.05, 0) is 30.7 Å². The topological polar surface area (TPSA) is 64.3 Å². The summed E-state index contributed by atoms with van der Waals surface area (Å²) in [6.07, 6.45) is 0. The number of nitrogens with one attached hydrogen (secondary N) is 1. The zero-order valence-corrected chi connectivity index (χ0v) is 11.0. The van der Waals surface area contributed by atoms with Gasteiger partial charge in [-0.1, -0.05) is 18.2 Å². The molecule has 3 N–H and O–H groups in total. The summed E-state index contributed by atoms with van der Waals surface area (Å²) < 4.78 is 18.2. The van der Waals surface area contributed by atoms with E-state index in [2.05, 4.69) is 5.32 Å². The second-order valence-corrected chi connectivity index (χ2v) is 4.33. The van der Waals surface area contributed by atoms with Crippen LogP contribution in [0.5, 0.6) is 5.75 Å². The van der Waals surface area contributed by atoms with Crippen LogP contribution in [0.1, 0.15) is 5.56 Å². The molecule has 0 spiro atoms. The highest BCUT2D eigenvalue weighted by molar-refractivity contribution is 5.95. The Morgan fingerprint density at radius 3 is 2.75 bits per heavy atom. The number of nitrogens with two attached hydrogens (primary N) is 1. The Hall–Kier alpha value is -2.56. The number of anilines is 2. The lowest BCUT2D eigenvalue weighted by Gasteiger charge is -2.11. The van der Waals surface area contributed by atoms with Crippen LogP contribution in [0.4, 0.5) is 15.8 Å². The third kappa shape index (κ3) is 3.47. The number of ether oxygens (including phenoxy) is 1. The molecule has 0 fully saturated rings. The van der Waals surface area contributed by atoms with Crippen LogP contribution in [0.3, 0.4) is 0 Å². The monoisotopic (exact) mass is 274 g/mol. The third-order valence-electron chi connectivity index (χ3n) is 2.74. The number of hydrogen-bond donors (Lipinski definition) is 2. The van der Waals surface area contributed by atoms with Gasteiger partial charge < -0.3 is 15.8 Å². The molecule has 0 heterocycles. The predicted molar refractivity (Wildman–Crippen MR) is 76.1 cm³/mol. The fraction of sp³-hybridized carbons (Fsp3) is 0.133. The van der Waals surface area contributed by atoms with Crippen LogP contribution in [0.25, 0.3) is 0 Å². The molecule has 20 heavy (non-hydrogen) atoms. The van der Waals surface area contributed by atoms with E-state index in [0.717, 1.165) is 5.56 Å². The van der Waals surface area contributed by atoms with E-state index in [1.165, 1.54) is 18.2 Å². The molecular formula is C15H15FN2O2. The summed E-state index contributed by atoms with van der Waals surface area (Å²) in [5.41, 5.74) is 7.72. The normalized spacial score (nSPS) is 10.1. The first-order valence-corrected chi connectivity index (χ1v) is 6.09. The Balaban J connectivity index is 1.96. The first-order valence-electron chi connectivity index (χ1n) is 6.09. The second-order valence-electron chi connectivity index (χ2n) is 4.33. The summed E-state index contributed by atoms with van der Waals surface area (Å²) in [7, 11) is 0. The van der Waals surface area contributed by atoms with Gasteiger partial charge >= 0.3 is 0 Å². The van der Waals surface area contributed by atoms with Crippen molar-refractivity contribution in [2.24, 2.45) is 0 Å². The van der Waals surface area contributed by atoms with Gasteiger partial charge in [-0.3, -0.25) is 4.79 Å². The van der Waals surface area contributed by atoms with E-state index in [1.54, 1.807) is 12.1 Å². The number of para-hydroxylation sites is 1. The zero-order chi connectivity index (χ0) is 14.5. The summed E-state index contributed by atoms with van der Waals surface area (Å²) >= 11 is 0. The molecule has 0 aliphatic rings. The molecule has 0 saturated carbocycles. The number of benzene rings is 2. The van der Waals surface area contributed by atoms with E-state index in [0.29, 0.717) is 17.1 Å². The molecule has 0 radical (unpaired) electrons. The smallest absolute Gasteiger partial charge is 0.262 e. The minimum absolute atomic E-state index is 0.211. The number of nitrogen functional groups attached to an aromatic ring is 1. The Kier molecular flexibility index (Phi) is 4.20. The van der Waals surface area contributed by atoms with Gasteiger partial charge in [0, 0.05) is 6.07 Å². The van der Waals surface area contributed by atoms with Crippen molar-refractivity contribution in [1.29, 1.82) is 0 Å². The molecule has 0 saturated heterocycles. The Bertz CT molecular complexity index is 609. The molecular weight excluding hydrogens is 259 g/mol. The van der Waals surface area contributed by atoms with E-state index in [-0.39, 0.29) is 12.5 Å². The molecule has 0 aliphatic carbocycles. The number of halogens is 1. The van der Waals surface area contributed by atoms with Gasteiger partial charge in [0.25, 0.3) is 5.91 Å². The van der Waals surface area contributed by atoms with Crippen LogP contribution in [0.2, 0.25) is 0 Å². The highest BCUT2D eigenvalue weighted by Gasteiger charge is 2.08. The number of carbonyl (C=O) groups excluding carboxylic acids is 1. The van der Waals surface area contributed by atoms with Gasteiger partial charge in [-0.2, -0.15) is 0 Å². The number of rotatable bonds is 4. The molecule has 0 aliphatic heterocycles. The van der Waals surface area contributed by atoms with Crippen LogP contribution >= 0.6 is 0 Å². The molecule has 1 amide bonds. The lowest BCUT2D eigenvalue weighted by Crippen LogP contribution is -2.21. The molecule has 0 unspecified atom stereocenters. The number of amides is 1. The molecule has 2 aromatic rings. The second kappa shape index (κ2) is 6.06. The maximum absolute atomic E-state index is 12.9. The molecule has 2 aromatic carbocycles. The highest BCUT2D eigenvalue weighted by atomic mass is 19.1. The fourth-order valence-electron chi connectivity index (χ4n) is 1.74. The summed E-state index contributed by atoms with van der Waals surface area (Å²) in [6, 6.07) is 11.0. The molecule has 5 heteroatoms. The van der Waals surface area contributed by atoms with Crippen molar-refractivity contribution >= 4 is 17.3 Å².